The molecular weight excluding hydrogens is 643 g/mol. The van der Waals surface area contributed by atoms with E-state index >= 15 is 0 Å². The Morgan fingerprint density at radius 3 is 1.87 bits per heavy atom. The number of aromatic nitrogens is 1. The lowest BCUT2D eigenvalue weighted by Crippen LogP contribution is -2.16. The van der Waals surface area contributed by atoms with Crippen molar-refractivity contribution < 1.29 is 0 Å². The van der Waals surface area contributed by atoms with E-state index in [9.17, 15) is 0 Å². The van der Waals surface area contributed by atoms with Gasteiger partial charge < -0.3 is 14.4 Å². The minimum Gasteiger partial charge on any atom is -0.310 e. The van der Waals surface area contributed by atoms with Crippen LogP contribution in [0.15, 0.2) is 200 Å². The van der Waals surface area contributed by atoms with Gasteiger partial charge in [0.1, 0.15) is 0 Å². The minimum atomic E-state index is 1.11. The maximum absolute atomic E-state index is 2.46. The van der Waals surface area contributed by atoms with E-state index in [1.165, 1.54) is 65.9 Å². The predicted octanol–water partition coefficient (Wildman–Crippen LogP) is 14.0. The summed E-state index contributed by atoms with van der Waals surface area (Å²) in [4.78, 5) is 4.87. The monoisotopic (exact) mass is 675 g/mol. The van der Waals surface area contributed by atoms with Crippen LogP contribution >= 0.6 is 0 Å². The molecule has 9 aromatic carbocycles. The fourth-order valence-corrected chi connectivity index (χ4v) is 8.56. The standard InChI is InChI=1S/C50H33N3/c1-3-16-36(17-4-1)52-46-24-12-10-21-41(46)44-33-39(28-30-48(44)52)51(38-27-26-34-14-7-8-15-35(34)32-38)47-31-29-42-40-20-9-11-23-45(40)53(37-18-5-2-6-19-37)49-25-13-22-43(47)50(42)49/h1-33H. The third-order valence-corrected chi connectivity index (χ3v) is 10.8. The van der Waals surface area contributed by atoms with E-state index < -0.39 is 0 Å². The molecule has 53 heavy (non-hydrogen) atoms. The van der Waals surface area contributed by atoms with E-state index in [4.69, 9.17) is 0 Å². The van der Waals surface area contributed by atoms with Crippen molar-refractivity contribution in [2.45, 2.75) is 0 Å². The fourth-order valence-electron chi connectivity index (χ4n) is 8.56. The van der Waals surface area contributed by atoms with Gasteiger partial charge in [-0.3, -0.25) is 0 Å². The second kappa shape index (κ2) is 11.7. The van der Waals surface area contributed by atoms with Crippen LogP contribution in [-0.4, -0.2) is 4.57 Å². The minimum absolute atomic E-state index is 1.11. The highest BCUT2D eigenvalue weighted by Gasteiger charge is 2.28. The van der Waals surface area contributed by atoms with E-state index in [0.29, 0.717) is 0 Å². The molecule has 1 aromatic heterocycles. The Bertz CT molecular complexity index is 3020. The number of fused-ring (bicyclic) bond motifs is 6. The molecule has 0 aliphatic carbocycles. The quantitative estimate of drug-likeness (QED) is 0.180. The molecule has 0 N–H and O–H groups in total. The molecule has 0 bridgehead atoms. The molecule has 0 saturated carbocycles. The van der Waals surface area contributed by atoms with Crippen LogP contribution in [0.3, 0.4) is 0 Å². The number of benzene rings is 9. The molecule has 0 amide bonds. The zero-order valence-corrected chi connectivity index (χ0v) is 28.9. The van der Waals surface area contributed by atoms with Gasteiger partial charge in [-0.25, -0.2) is 0 Å². The summed E-state index contributed by atoms with van der Waals surface area (Å²) >= 11 is 0. The zero-order chi connectivity index (χ0) is 34.9. The highest BCUT2D eigenvalue weighted by atomic mass is 15.2. The van der Waals surface area contributed by atoms with Gasteiger partial charge in [-0.2, -0.15) is 0 Å². The summed E-state index contributed by atoms with van der Waals surface area (Å²) in [7, 11) is 0. The van der Waals surface area contributed by atoms with Crippen molar-refractivity contribution in [1.29, 1.82) is 0 Å². The Balaban J connectivity index is 1.20. The topological polar surface area (TPSA) is 11.4 Å². The van der Waals surface area contributed by atoms with Crippen LogP contribution in [0.4, 0.5) is 34.1 Å². The third kappa shape index (κ3) is 4.54. The summed E-state index contributed by atoms with van der Waals surface area (Å²) < 4.78 is 2.38. The number of nitrogens with zero attached hydrogens (tertiary/aromatic N) is 3. The Kier molecular flexibility index (Phi) is 6.55. The Morgan fingerprint density at radius 2 is 1.00 bits per heavy atom. The molecule has 3 nitrogen and oxygen atoms in total. The molecule has 0 unspecified atom stereocenters. The smallest absolute Gasteiger partial charge is 0.0547 e. The second-order valence-electron chi connectivity index (χ2n) is 13.8. The molecule has 0 atom stereocenters. The number of para-hydroxylation sites is 4. The van der Waals surface area contributed by atoms with Crippen molar-refractivity contribution in [3.63, 3.8) is 0 Å². The molecule has 1 aliphatic heterocycles. The van der Waals surface area contributed by atoms with Crippen molar-refractivity contribution in [3.05, 3.63) is 200 Å². The lowest BCUT2D eigenvalue weighted by molar-refractivity contribution is 1.18. The highest BCUT2D eigenvalue weighted by Crippen LogP contribution is 2.53. The molecule has 0 saturated heterocycles. The summed E-state index contributed by atoms with van der Waals surface area (Å²) in [6.45, 7) is 0. The van der Waals surface area contributed by atoms with Crippen LogP contribution in [0, 0.1) is 0 Å². The summed E-state index contributed by atoms with van der Waals surface area (Å²) in [5, 5.41) is 7.35. The first-order chi connectivity index (χ1) is 26.3. The molecular formula is C50H33N3. The summed E-state index contributed by atoms with van der Waals surface area (Å²) in [6, 6.07) is 72.8. The third-order valence-electron chi connectivity index (χ3n) is 10.8. The first-order valence-electron chi connectivity index (χ1n) is 18.2. The average Bonchev–Trinajstić information content (AvgIpc) is 3.56. The molecule has 2 heterocycles. The van der Waals surface area contributed by atoms with Crippen LogP contribution in [0.5, 0.6) is 0 Å². The van der Waals surface area contributed by atoms with Gasteiger partial charge in [-0.1, -0.05) is 121 Å². The van der Waals surface area contributed by atoms with Gasteiger partial charge in [0.25, 0.3) is 0 Å². The van der Waals surface area contributed by atoms with Crippen LogP contribution in [-0.2, 0) is 0 Å². The molecule has 3 heteroatoms. The summed E-state index contributed by atoms with van der Waals surface area (Å²) in [5.41, 5.74) is 12.9. The highest BCUT2D eigenvalue weighted by molar-refractivity contribution is 6.18. The largest absolute Gasteiger partial charge is 0.310 e. The summed E-state index contributed by atoms with van der Waals surface area (Å²) in [5.74, 6) is 0. The summed E-state index contributed by atoms with van der Waals surface area (Å²) in [6.07, 6.45) is 0. The van der Waals surface area contributed by atoms with E-state index in [1.54, 1.807) is 0 Å². The maximum Gasteiger partial charge on any atom is 0.0547 e. The van der Waals surface area contributed by atoms with E-state index in [0.717, 1.165) is 28.4 Å². The molecule has 248 valence electrons. The fraction of sp³-hybridized carbons (Fsp3) is 0. The van der Waals surface area contributed by atoms with Gasteiger partial charge in [0.15, 0.2) is 0 Å². The molecule has 0 radical (unpaired) electrons. The molecule has 10 aromatic rings. The van der Waals surface area contributed by atoms with Crippen molar-refractivity contribution in [2.24, 2.45) is 0 Å². The van der Waals surface area contributed by atoms with Crippen molar-refractivity contribution in [2.75, 3.05) is 9.80 Å². The molecule has 0 fully saturated rings. The van der Waals surface area contributed by atoms with Gasteiger partial charge >= 0.3 is 0 Å². The van der Waals surface area contributed by atoms with E-state index in [2.05, 4.69) is 215 Å². The Hall–Kier alpha value is -7.10. The SMILES string of the molecule is c1ccc(N2c3ccccc3-c3ccc(N(c4ccc5ccccc5c4)c4ccc5c(c4)c4ccccc4n5-c4ccccc4)c4cccc2c34)cc1. The van der Waals surface area contributed by atoms with Crippen LogP contribution in [0.25, 0.3) is 60.2 Å². The predicted molar refractivity (Wildman–Crippen MR) is 224 cm³/mol. The van der Waals surface area contributed by atoms with Gasteiger partial charge in [0.05, 0.1) is 28.1 Å². The maximum atomic E-state index is 2.46. The van der Waals surface area contributed by atoms with Gasteiger partial charge in [0.2, 0.25) is 0 Å². The van der Waals surface area contributed by atoms with Gasteiger partial charge in [0, 0.05) is 49.9 Å². The van der Waals surface area contributed by atoms with Crippen molar-refractivity contribution >= 4 is 77.5 Å². The first kappa shape index (κ1) is 29.6. The Morgan fingerprint density at radius 1 is 0.358 bits per heavy atom. The van der Waals surface area contributed by atoms with Crippen molar-refractivity contribution in [3.8, 4) is 16.8 Å². The van der Waals surface area contributed by atoms with E-state index in [1.807, 2.05) is 0 Å². The lowest BCUT2D eigenvalue weighted by Gasteiger charge is -2.35. The number of rotatable bonds is 5. The number of anilines is 6. The number of hydrogen-bond donors (Lipinski definition) is 0. The normalized spacial score (nSPS) is 12.1. The lowest BCUT2D eigenvalue weighted by atomic mass is 9.89. The van der Waals surface area contributed by atoms with Crippen molar-refractivity contribution in [1.82, 2.24) is 4.57 Å². The second-order valence-corrected chi connectivity index (χ2v) is 13.8. The zero-order valence-electron chi connectivity index (χ0n) is 28.9. The van der Waals surface area contributed by atoms with Crippen LogP contribution in [0.1, 0.15) is 0 Å². The van der Waals surface area contributed by atoms with Gasteiger partial charge in [-0.05, 0) is 95.2 Å². The average molecular weight is 676 g/mol. The first-order valence-corrected chi connectivity index (χ1v) is 18.2. The van der Waals surface area contributed by atoms with Gasteiger partial charge in [-0.15, -0.1) is 0 Å². The molecule has 11 rings (SSSR count). The number of hydrogen-bond acceptors (Lipinski definition) is 2. The molecule has 1 aliphatic rings. The van der Waals surface area contributed by atoms with Crippen LogP contribution < -0.4 is 9.80 Å². The Labute approximate surface area is 307 Å². The van der Waals surface area contributed by atoms with E-state index in [-0.39, 0.29) is 0 Å². The van der Waals surface area contributed by atoms with Crippen LogP contribution in [0.2, 0.25) is 0 Å². The molecule has 0 spiro atoms.